The van der Waals surface area contributed by atoms with Crippen LogP contribution in [0.25, 0.3) is 11.3 Å². The zero-order valence-electron chi connectivity index (χ0n) is 13.8. The van der Waals surface area contributed by atoms with Gasteiger partial charge in [-0.15, -0.1) is 10.2 Å². The molecule has 0 aliphatic carbocycles. The third kappa shape index (κ3) is 4.80. The maximum absolute atomic E-state index is 12.0. The average molecular weight is 375 g/mol. The van der Waals surface area contributed by atoms with E-state index in [4.69, 9.17) is 4.52 Å². The second kappa shape index (κ2) is 8.13. The largest absolute Gasteiger partial charge is 0.360 e. The highest BCUT2D eigenvalue weighted by Gasteiger charge is 2.12. The van der Waals surface area contributed by atoms with E-state index in [1.165, 1.54) is 28.7 Å². The lowest BCUT2D eigenvalue weighted by molar-refractivity contribution is -0.113. The number of carbonyl (C=O) groups excluding carboxylic acids is 1. The van der Waals surface area contributed by atoms with Crippen LogP contribution in [0.15, 0.2) is 39.2 Å². The zero-order chi connectivity index (χ0) is 17.6. The smallest absolute Gasteiger partial charge is 0.237 e. The predicted molar refractivity (Wildman–Crippen MR) is 100 cm³/mol. The number of aryl methyl sites for hydroxylation is 1. The lowest BCUT2D eigenvalue weighted by Gasteiger charge is -1.98. The van der Waals surface area contributed by atoms with Crippen LogP contribution < -0.4 is 10.6 Å². The highest BCUT2D eigenvalue weighted by Crippen LogP contribution is 2.26. The summed E-state index contributed by atoms with van der Waals surface area (Å²) in [6, 6.07) is 9.64. The third-order valence-corrected chi connectivity index (χ3v) is 5.20. The molecular weight excluding hydrogens is 358 g/mol. The molecule has 0 fully saturated rings. The van der Waals surface area contributed by atoms with Gasteiger partial charge in [0.2, 0.25) is 16.9 Å². The molecule has 0 saturated carbocycles. The molecule has 0 spiro atoms. The molecule has 130 valence electrons. The Labute approximate surface area is 153 Å². The second-order valence-corrected chi connectivity index (χ2v) is 7.38. The van der Waals surface area contributed by atoms with Gasteiger partial charge in [0.25, 0.3) is 0 Å². The molecule has 2 N–H and O–H groups in total. The van der Waals surface area contributed by atoms with Crippen molar-refractivity contribution >= 4 is 40.0 Å². The Morgan fingerprint density at radius 1 is 1.28 bits per heavy atom. The fraction of sp³-hybridized carbons (Fsp3) is 0.250. The van der Waals surface area contributed by atoms with Gasteiger partial charge in [-0.05, 0) is 13.8 Å². The van der Waals surface area contributed by atoms with E-state index in [-0.39, 0.29) is 11.7 Å². The monoisotopic (exact) mass is 375 g/mol. The first kappa shape index (κ1) is 17.4. The van der Waals surface area contributed by atoms with E-state index in [2.05, 4.69) is 26.0 Å². The molecule has 2 aromatic heterocycles. The summed E-state index contributed by atoms with van der Waals surface area (Å²) in [5.41, 5.74) is 2.79. The lowest BCUT2D eigenvalue weighted by atomic mass is 10.1. The van der Waals surface area contributed by atoms with E-state index in [1.807, 2.05) is 38.1 Å². The second-order valence-electron chi connectivity index (χ2n) is 5.18. The van der Waals surface area contributed by atoms with Gasteiger partial charge in [-0.3, -0.25) is 10.1 Å². The van der Waals surface area contributed by atoms with Gasteiger partial charge in [0.05, 0.1) is 5.75 Å². The predicted octanol–water partition coefficient (Wildman–Crippen LogP) is 3.66. The SMILES string of the molecule is CCNc1nnc(SCC(=O)Nc2cc(-c3ccc(C)cc3)no2)s1. The summed E-state index contributed by atoms with van der Waals surface area (Å²) in [5.74, 6) is 0.366. The molecule has 0 aliphatic heterocycles. The molecule has 0 unspecified atom stereocenters. The molecule has 0 aliphatic rings. The molecule has 3 rings (SSSR count). The van der Waals surface area contributed by atoms with Crippen molar-refractivity contribution in [2.75, 3.05) is 22.9 Å². The van der Waals surface area contributed by atoms with E-state index in [0.717, 1.165) is 21.6 Å². The minimum Gasteiger partial charge on any atom is -0.360 e. The van der Waals surface area contributed by atoms with Crippen LogP contribution in [-0.4, -0.2) is 33.6 Å². The minimum absolute atomic E-state index is 0.184. The molecule has 0 radical (unpaired) electrons. The molecule has 0 saturated heterocycles. The summed E-state index contributed by atoms with van der Waals surface area (Å²) >= 11 is 2.75. The standard InChI is InChI=1S/C16H17N5O2S2/c1-3-17-15-19-20-16(25-15)24-9-13(22)18-14-8-12(21-23-14)11-6-4-10(2)5-7-11/h4-8H,3,9H2,1-2H3,(H,17,19)(H,18,22). The summed E-state index contributed by atoms with van der Waals surface area (Å²) in [6.45, 7) is 4.80. The van der Waals surface area contributed by atoms with Gasteiger partial charge in [0, 0.05) is 18.2 Å². The first-order chi connectivity index (χ1) is 12.1. The summed E-state index contributed by atoms with van der Waals surface area (Å²) in [6.07, 6.45) is 0. The highest BCUT2D eigenvalue weighted by molar-refractivity contribution is 8.01. The van der Waals surface area contributed by atoms with Gasteiger partial charge in [-0.25, -0.2) is 0 Å². The van der Waals surface area contributed by atoms with Crippen LogP contribution in [0.2, 0.25) is 0 Å². The summed E-state index contributed by atoms with van der Waals surface area (Å²) < 4.78 is 5.92. The third-order valence-electron chi connectivity index (χ3n) is 3.18. The van der Waals surface area contributed by atoms with Crippen molar-refractivity contribution in [3.63, 3.8) is 0 Å². The zero-order valence-corrected chi connectivity index (χ0v) is 15.4. The van der Waals surface area contributed by atoms with Gasteiger partial charge in [-0.2, -0.15) is 0 Å². The van der Waals surface area contributed by atoms with Gasteiger partial charge < -0.3 is 9.84 Å². The van der Waals surface area contributed by atoms with Crippen molar-refractivity contribution in [1.29, 1.82) is 0 Å². The average Bonchev–Trinajstić information content (AvgIpc) is 3.24. The van der Waals surface area contributed by atoms with Crippen LogP contribution in [0, 0.1) is 6.92 Å². The highest BCUT2D eigenvalue weighted by atomic mass is 32.2. The van der Waals surface area contributed by atoms with Crippen LogP contribution in [0.3, 0.4) is 0 Å². The molecule has 7 nitrogen and oxygen atoms in total. The number of nitrogens with one attached hydrogen (secondary N) is 2. The molecule has 1 amide bonds. The van der Waals surface area contributed by atoms with Crippen LogP contribution in [0.4, 0.5) is 11.0 Å². The first-order valence-corrected chi connectivity index (χ1v) is 9.48. The number of anilines is 2. The Morgan fingerprint density at radius 3 is 2.84 bits per heavy atom. The number of aromatic nitrogens is 3. The fourth-order valence-electron chi connectivity index (χ4n) is 1.99. The minimum atomic E-state index is -0.184. The molecule has 2 heterocycles. The Bertz CT molecular complexity index is 844. The van der Waals surface area contributed by atoms with Crippen molar-refractivity contribution in [1.82, 2.24) is 15.4 Å². The number of amides is 1. The number of hydrogen-bond acceptors (Lipinski definition) is 8. The van der Waals surface area contributed by atoms with E-state index in [0.29, 0.717) is 11.6 Å². The number of carbonyl (C=O) groups is 1. The lowest BCUT2D eigenvalue weighted by Crippen LogP contribution is -2.13. The maximum Gasteiger partial charge on any atom is 0.237 e. The topological polar surface area (TPSA) is 92.9 Å². The molecule has 9 heteroatoms. The maximum atomic E-state index is 12.0. The van der Waals surface area contributed by atoms with Gasteiger partial charge >= 0.3 is 0 Å². The summed E-state index contributed by atoms with van der Waals surface area (Å²) in [7, 11) is 0. The number of hydrogen-bond donors (Lipinski definition) is 2. The van der Waals surface area contributed by atoms with Gasteiger partial charge in [0.15, 0.2) is 4.34 Å². The van der Waals surface area contributed by atoms with Crippen molar-refractivity contribution in [2.24, 2.45) is 0 Å². The normalized spacial score (nSPS) is 10.6. The number of benzene rings is 1. The van der Waals surface area contributed by atoms with E-state index >= 15 is 0 Å². The van der Waals surface area contributed by atoms with Crippen molar-refractivity contribution < 1.29 is 9.32 Å². The quantitative estimate of drug-likeness (QED) is 0.609. The van der Waals surface area contributed by atoms with Gasteiger partial charge in [-0.1, -0.05) is 58.1 Å². The van der Waals surface area contributed by atoms with Crippen LogP contribution in [-0.2, 0) is 4.79 Å². The molecule has 25 heavy (non-hydrogen) atoms. The van der Waals surface area contributed by atoms with Crippen LogP contribution in [0.5, 0.6) is 0 Å². The van der Waals surface area contributed by atoms with Gasteiger partial charge in [0.1, 0.15) is 5.69 Å². The van der Waals surface area contributed by atoms with Crippen molar-refractivity contribution in [2.45, 2.75) is 18.2 Å². The van der Waals surface area contributed by atoms with Crippen LogP contribution >= 0.6 is 23.1 Å². The summed E-state index contributed by atoms with van der Waals surface area (Å²) in [5, 5.41) is 18.5. The molecule has 1 aromatic carbocycles. The Morgan fingerprint density at radius 2 is 2.08 bits per heavy atom. The summed E-state index contributed by atoms with van der Waals surface area (Å²) in [4.78, 5) is 12.0. The van der Waals surface area contributed by atoms with E-state index < -0.39 is 0 Å². The van der Waals surface area contributed by atoms with Crippen LogP contribution in [0.1, 0.15) is 12.5 Å². The first-order valence-electron chi connectivity index (χ1n) is 7.68. The molecular formula is C16H17N5O2S2. The molecule has 0 atom stereocenters. The molecule has 3 aromatic rings. The number of nitrogens with zero attached hydrogens (tertiary/aromatic N) is 3. The molecule has 0 bridgehead atoms. The Hall–Kier alpha value is -2.39. The Balaban J connectivity index is 1.53. The van der Waals surface area contributed by atoms with Crippen molar-refractivity contribution in [3.8, 4) is 11.3 Å². The fourth-order valence-corrected chi connectivity index (χ4v) is 3.61. The van der Waals surface area contributed by atoms with E-state index in [9.17, 15) is 4.79 Å². The number of thioether (sulfide) groups is 1. The number of rotatable bonds is 7. The van der Waals surface area contributed by atoms with E-state index in [1.54, 1.807) is 6.07 Å². The van der Waals surface area contributed by atoms with Crippen molar-refractivity contribution in [3.05, 3.63) is 35.9 Å². The Kier molecular flexibility index (Phi) is 5.67.